The summed E-state index contributed by atoms with van der Waals surface area (Å²) in [7, 11) is 0. The van der Waals surface area contributed by atoms with E-state index in [0.29, 0.717) is 6.10 Å². The molecule has 0 bridgehead atoms. The van der Waals surface area contributed by atoms with Crippen LogP contribution in [0.15, 0.2) is 24.3 Å². The molecule has 1 aromatic rings. The fourth-order valence-electron chi connectivity index (χ4n) is 2.36. The Kier molecular flexibility index (Phi) is 4.86. The molecule has 0 radical (unpaired) electrons. The number of likely N-dealkylation sites (N-methyl/N-ethyl adjacent to an activating group) is 1. The number of ether oxygens (including phenoxy) is 1. The molecule has 1 saturated heterocycles. The normalized spacial score (nSPS) is 19.5. The Hall–Kier alpha value is -0.540. The van der Waals surface area contributed by atoms with Crippen LogP contribution < -0.4 is 4.90 Å². The lowest BCUT2D eigenvalue weighted by Crippen LogP contribution is -2.32. The van der Waals surface area contributed by atoms with Crippen LogP contribution in [0.25, 0.3) is 0 Å². The van der Waals surface area contributed by atoms with E-state index in [1.54, 1.807) is 0 Å². The van der Waals surface area contributed by atoms with Gasteiger partial charge in [0.05, 0.1) is 6.10 Å². The number of hydrogen-bond acceptors (Lipinski definition) is 2. The molecule has 0 amide bonds. The first-order valence-corrected chi connectivity index (χ1v) is 7.47. The predicted octanol–water partition coefficient (Wildman–Crippen LogP) is 3.59. The third-order valence-corrected chi connectivity index (χ3v) is 3.91. The maximum atomic E-state index is 5.73. The minimum atomic E-state index is 0.415. The molecule has 0 N–H and O–H groups in total. The first-order chi connectivity index (χ1) is 8.35. The Balaban J connectivity index is 2.10. The van der Waals surface area contributed by atoms with Crippen LogP contribution in [0.4, 0.5) is 5.69 Å². The van der Waals surface area contributed by atoms with Gasteiger partial charge in [0.25, 0.3) is 0 Å². The van der Waals surface area contributed by atoms with Crippen LogP contribution in [0.3, 0.4) is 0 Å². The van der Waals surface area contributed by atoms with Crippen LogP contribution in [-0.2, 0) is 10.1 Å². The van der Waals surface area contributed by atoms with Gasteiger partial charge in [-0.1, -0.05) is 34.1 Å². The van der Waals surface area contributed by atoms with Crippen LogP contribution in [0.1, 0.15) is 25.3 Å². The van der Waals surface area contributed by atoms with E-state index in [4.69, 9.17) is 4.74 Å². The van der Waals surface area contributed by atoms with E-state index < -0.39 is 0 Å². The number of benzene rings is 1. The van der Waals surface area contributed by atoms with Gasteiger partial charge in [-0.15, -0.1) is 0 Å². The van der Waals surface area contributed by atoms with Crippen molar-refractivity contribution in [3.05, 3.63) is 29.8 Å². The zero-order chi connectivity index (χ0) is 12.1. The van der Waals surface area contributed by atoms with Crippen molar-refractivity contribution in [3.63, 3.8) is 0 Å². The molecule has 1 fully saturated rings. The van der Waals surface area contributed by atoms with Gasteiger partial charge >= 0.3 is 0 Å². The van der Waals surface area contributed by atoms with E-state index in [2.05, 4.69) is 52.0 Å². The van der Waals surface area contributed by atoms with Crippen LogP contribution >= 0.6 is 15.9 Å². The number of hydrogen-bond donors (Lipinski definition) is 0. The van der Waals surface area contributed by atoms with E-state index in [9.17, 15) is 0 Å². The van der Waals surface area contributed by atoms with Gasteiger partial charge in [0.2, 0.25) is 0 Å². The fraction of sp³-hybridized carbons (Fsp3) is 0.571. The topological polar surface area (TPSA) is 12.5 Å². The maximum absolute atomic E-state index is 5.73. The van der Waals surface area contributed by atoms with Gasteiger partial charge in [-0.3, -0.25) is 0 Å². The monoisotopic (exact) mass is 297 g/mol. The molecular formula is C14H20BrNO. The second kappa shape index (κ2) is 6.41. The molecule has 0 saturated carbocycles. The number of halogens is 1. The van der Waals surface area contributed by atoms with Crippen molar-refractivity contribution < 1.29 is 4.74 Å². The van der Waals surface area contributed by atoms with Gasteiger partial charge in [0, 0.05) is 30.7 Å². The molecule has 1 aromatic carbocycles. The summed E-state index contributed by atoms with van der Waals surface area (Å²) in [4.78, 5) is 2.42. The third kappa shape index (κ3) is 3.23. The van der Waals surface area contributed by atoms with Crippen molar-refractivity contribution in [1.29, 1.82) is 0 Å². The first-order valence-electron chi connectivity index (χ1n) is 6.35. The molecule has 1 atom stereocenters. The number of anilines is 1. The number of alkyl halides is 1. The molecule has 94 valence electrons. The summed E-state index contributed by atoms with van der Waals surface area (Å²) in [5.41, 5.74) is 2.69. The van der Waals surface area contributed by atoms with E-state index in [0.717, 1.165) is 25.0 Å². The highest BCUT2D eigenvalue weighted by atomic mass is 79.9. The summed E-state index contributed by atoms with van der Waals surface area (Å²) in [5.74, 6) is 0. The standard InChI is InChI=1S/C14H20BrNO/c1-2-16(11-13-7-5-9-17-13)14-8-4-3-6-12(14)10-15/h3-4,6,8,13H,2,5,7,9-11H2,1H3. The molecule has 1 unspecified atom stereocenters. The van der Waals surface area contributed by atoms with Gasteiger partial charge in [0.15, 0.2) is 0 Å². The van der Waals surface area contributed by atoms with Crippen LogP contribution in [0.5, 0.6) is 0 Å². The summed E-state index contributed by atoms with van der Waals surface area (Å²) in [6.45, 7) is 5.19. The average molecular weight is 298 g/mol. The molecule has 1 aliphatic rings. The summed E-state index contributed by atoms with van der Waals surface area (Å²) in [6.07, 6.45) is 2.83. The van der Waals surface area contributed by atoms with E-state index in [1.165, 1.54) is 24.1 Å². The Morgan fingerprint density at radius 1 is 1.41 bits per heavy atom. The molecule has 1 aliphatic heterocycles. The van der Waals surface area contributed by atoms with Crippen molar-refractivity contribution in [2.75, 3.05) is 24.6 Å². The molecule has 0 aliphatic carbocycles. The molecule has 0 spiro atoms. The number of rotatable bonds is 5. The molecule has 2 nitrogen and oxygen atoms in total. The Morgan fingerprint density at radius 3 is 2.88 bits per heavy atom. The zero-order valence-corrected chi connectivity index (χ0v) is 11.9. The highest BCUT2D eigenvalue weighted by molar-refractivity contribution is 9.08. The zero-order valence-electron chi connectivity index (χ0n) is 10.4. The summed E-state index contributed by atoms with van der Waals surface area (Å²) in [6, 6.07) is 8.59. The van der Waals surface area contributed by atoms with Gasteiger partial charge in [0.1, 0.15) is 0 Å². The van der Waals surface area contributed by atoms with Crippen LogP contribution in [0, 0.1) is 0 Å². The summed E-state index contributed by atoms with van der Waals surface area (Å²) >= 11 is 3.56. The van der Waals surface area contributed by atoms with Crippen molar-refractivity contribution in [2.45, 2.75) is 31.2 Å². The average Bonchev–Trinajstić information content (AvgIpc) is 2.89. The van der Waals surface area contributed by atoms with E-state index >= 15 is 0 Å². The lowest BCUT2D eigenvalue weighted by molar-refractivity contribution is 0.115. The summed E-state index contributed by atoms with van der Waals surface area (Å²) in [5, 5.41) is 0.908. The Morgan fingerprint density at radius 2 is 2.24 bits per heavy atom. The van der Waals surface area contributed by atoms with Crippen molar-refractivity contribution in [2.24, 2.45) is 0 Å². The molecule has 3 heteroatoms. The number of para-hydroxylation sites is 1. The second-order valence-corrected chi connectivity index (χ2v) is 5.00. The van der Waals surface area contributed by atoms with Crippen molar-refractivity contribution >= 4 is 21.6 Å². The lowest BCUT2D eigenvalue weighted by atomic mass is 10.1. The quantitative estimate of drug-likeness (QED) is 0.770. The highest BCUT2D eigenvalue weighted by Gasteiger charge is 2.19. The first kappa shape index (κ1) is 12.9. The highest BCUT2D eigenvalue weighted by Crippen LogP contribution is 2.24. The largest absolute Gasteiger partial charge is 0.376 e. The van der Waals surface area contributed by atoms with Crippen LogP contribution in [0.2, 0.25) is 0 Å². The van der Waals surface area contributed by atoms with Crippen LogP contribution in [-0.4, -0.2) is 25.8 Å². The number of nitrogens with zero attached hydrogens (tertiary/aromatic N) is 1. The Labute approximate surface area is 112 Å². The smallest absolute Gasteiger partial charge is 0.0750 e. The van der Waals surface area contributed by atoms with Gasteiger partial charge in [-0.05, 0) is 31.4 Å². The maximum Gasteiger partial charge on any atom is 0.0750 e. The molecular weight excluding hydrogens is 278 g/mol. The Bertz CT molecular complexity index is 350. The second-order valence-electron chi connectivity index (χ2n) is 4.44. The lowest BCUT2D eigenvalue weighted by Gasteiger charge is -2.27. The minimum Gasteiger partial charge on any atom is -0.376 e. The molecule has 1 heterocycles. The summed E-state index contributed by atoms with van der Waals surface area (Å²) < 4.78 is 5.73. The van der Waals surface area contributed by atoms with Gasteiger partial charge in [-0.2, -0.15) is 0 Å². The van der Waals surface area contributed by atoms with Gasteiger partial charge in [-0.25, -0.2) is 0 Å². The van der Waals surface area contributed by atoms with Crippen molar-refractivity contribution in [1.82, 2.24) is 0 Å². The van der Waals surface area contributed by atoms with Crippen molar-refractivity contribution in [3.8, 4) is 0 Å². The predicted molar refractivity (Wildman–Crippen MR) is 75.9 cm³/mol. The third-order valence-electron chi connectivity index (χ3n) is 3.31. The fourth-order valence-corrected chi connectivity index (χ4v) is 2.84. The molecule has 17 heavy (non-hydrogen) atoms. The van der Waals surface area contributed by atoms with E-state index in [-0.39, 0.29) is 0 Å². The van der Waals surface area contributed by atoms with Gasteiger partial charge < -0.3 is 9.64 Å². The molecule has 2 rings (SSSR count). The van der Waals surface area contributed by atoms with E-state index in [1.807, 2.05) is 0 Å². The molecule has 0 aromatic heterocycles. The SMILES string of the molecule is CCN(CC1CCCO1)c1ccccc1CBr. The minimum absolute atomic E-state index is 0.415.